The molecule has 1 heterocycles. The molecule has 0 unspecified atom stereocenters. The first kappa shape index (κ1) is 11.3. The van der Waals surface area contributed by atoms with Crippen molar-refractivity contribution >= 4 is 5.88 Å². The lowest BCUT2D eigenvalue weighted by molar-refractivity contribution is 0.391. The average molecular weight is 238 g/mol. The molecule has 0 fully saturated rings. The van der Waals surface area contributed by atoms with Crippen LogP contribution in [0.3, 0.4) is 0 Å². The molecule has 2 aromatic rings. The minimum Gasteiger partial charge on any atom is -0.496 e. The van der Waals surface area contributed by atoms with Crippen LogP contribution in [0.25, 0.3) is 11.1 Å². The molecule has 0 radical (unpaired) electrons. The molecule has 0 aliphatic rings. The van der Waals surface area contributed by atoms with E-state index in [1.807, 2.05) is 0 Å². The second-order valence-corrected chi connectivity index (χ2v) is 3.29. The van der Waals surface area contributed by atoms with Gasteiger partial charge in [-0.1, -0.05) is 5.16 Å². The number of aromatic nitrogens is 1. The topological polar surface area (TPSA) is 70.5 Å². The highest BCUT2D eigenvalue weighted by molar-refractivity contribution is 5.82. The van der Waals surface area contributed by atoms with Gasteiger partial charge in [0, 0.05) is 12.1 Å². The number of nitrogens with zero attached hydrogens (tertiary/aromatic N) is 1. The zero-order valence-corrected chi connectivity index (χ0v) is 9.36. The van der Waals surface area contributed by atoms with E-state index in [9.17, 15) is 4.39 Å². The standard InChI is InChI=1S/C11H11FN2O3/c1-15-8-3-6(12)4-9(16-2)10(8)7-5-14-17-11(7)13/h3-5H,13H2,1-2H3. The van der Waals surface area contributed by atoms with Crippen molar-refractivity contribution in [2.24, 2.45) is 0 Å². The van der Waals surface area contributed by atoms with Crippen molar-refractivity contribution in [3.63, 3.8) is 0 Å². The minimum atomic E-state index is -0.461. The summed E-state index contributed by atoms with van der Waals surface area (Å²) in [5.41, 5.74) is 6.63. The van der Waals surface area contributed by atoms with Gasteiger partial charge in [0.2, 0.25) is 5.88 Å². The number of anilines is 1. The van der Waals surface area contributed by atoms with Crippen LogP contribution >= 0.6 is 0 Å². The Morgan fingerprint density at radius 3 is 2.24 bits per heavy atom. The van der Waals surface area contributed by atoms with Gasteiger partial charge in [0.25, 0.3) is 0 Å². The van der Waals surface area contributed by atoms with Gasteiger partial charge in [-0.15, -0.1) is 0 Å². The van der Waals surface area contributed by atoms with Gasteiger partial charge in [-0.25, -0.2) is 4.39 Å². The van der Waals surface area contributed by atoms with Crippen molar-refractivity contribution in [3.8, 4) is 22.6 Å². The molecule has 0 saturated carbocycles. The lowest BCUT2D eigenvalue weighted by Gasteiger charge is -2.12. The SMILES string of the molecule is COc1cc(F)cc(OC)c1-c1cnoc1N. The number of hydrogen-bond acceptors (Lipinski definition) is 5. The molecule has 1 aromatic carbocycles. The van der Waals surface area contributed by atoms with E-state index in [1.165, 1.54) is 32.5 Å². The Morgan fingerprint density at radius 1 is 1.24 bits per heavy atom. The normalized spacial score (nSPS) is 10.3. The first-order chi connectivity index (χ1) is 8.17. The number of ether oxygens (including phenoxy) is 2. The zero-order chi connectivity index (χ0) is 12.4. The van der Waals surface area contributed by atoms with Gasteiger partial charge >= 0.3 is 0 Å². The van der Waals surface area contributed by atoms with Gasteiger partial charge in [0.15, 0.2) is 0 Å². The molecule has 0 spiro atoms. The molecule has 0 saturated heterocycles. The number of nitrogens with two attached hydrogens (primary N) is 1. The van der Waals surface area contributed by atoms with E-state index in [2.05, 4.69) is 5.16 Å². The van der Waals surface area contributed by atoms with E-state index >= 15 is 0 Å². The highest BCUT2D eigenvalue weighted by Crippen LogP contribution is 2.41. The molecule has 90 valence electrons. The van der Waals surface area contributed by atoms with Crippen molar-refractivity contribution < 1.29 is 18.4 Å². The number of methoxy groups -OCH3 is 2. The van der Waals surface area contributed by atoms with Gasteiger partial charge in [0.1, 0.15) is 17.3 Å². The largest absolute Gasteiger partial charge is 0.496 e. The van der Waals surface area contributed by atoms with Crippen LogP contribution in [0.1, 0.15) is 0 Å². The minimum absolute atomic E-state index is 0.119. The van der Waals surface area contributed by atoms with E-state index in [1.54, 1.807) is 0 Å². The highest BCUT2D eigenvalue weighted by Gasteiger charge is 2.19. The van der Waals surface area contributed by atoms with Gasteiger partial charge < -0.3 is 19.7 Å². The molecular formula is C11H11FN2O3. The molecule has 0 aliphatic carbocycles. The summed E-state index contributed by atoms with van der Waals surface area (Å²) in [7, 11) is 2.86. The third-order valence-corrected chi connectivity index (χ3v) is 2.34. The smallest absolute Gasteiger partial charge is 0.230 e. The summed E-state index contributed by atoms with van der Waals surface area (Å²) in [4.78, 5) is 0. The summed E-state index contributed by atoms with van der Waals surface area (Å²) in [6, 6.07) is 2.48. The Kier molecular flexibility index (Phi) is 2.86. The zero-order valence-electron chi connectivity index (χ0n) is 9.36. The van der Waals surface area contributed by atoms with Crippen LogP contribution in [0.2, 0.25) is 0 Å². The number of rotatable bonds is 3. The Hall–Kier alpha value is -2.24. The quantitative estimate of drug-likeness (QED) is 0.886. The van der Waals surface area contributed by atoms with Crippen LogP contribution in [0, 0.1) is 5.82 Å². The fourth-order valence-corrected chi connectivity index (χ4v) is 1.58. The van der Waals surface area contributed by atoms with E-state index in [4.69, 9.17) is 19.7 Å². The predicted molar refractivity (Wildman–Crippen MR) is 59.4 cm³/mol. The van der Waals surface area contributed by atoms with Crippen molar-refractivity contribution in [2.45, 2.75) is 0 Å². The molecule has 0 atom stereocenters. The highest BCUT2D eigenvalue weighted by atomic mass is 19.1. The first-order valence-corrected chi connectivity index (χ1v) is 4.79. The first-order valence-electron chi connectivity index (χ1n) is 4.79. The predicted octanol–water partition coefficient (Wildman–Crippen LogP) is 2.08. The van der Waals surface area contributed by atoms with E-state index in [0.29, 0.717) is 22.6 Å². The van der Waals surface area contributed by atoms with Crippen LogP contribution in [0.15, 0.2) is 22.9 Å². The van der Waals surface area contributed by atoms with Crippen molar-refractivity contribution in [3.05, 3.63) is 24.1 Å². The number of halogens is 1. The lowest BCUT2D eigenvalue weighted by atomic mass is 10.1. The third kappa shape index (κ3) is 1.89. The third-order valence-electron chi connectivity index (χ3n) is 2.34. The fourth-order valence-electron chi connectivity index (χ4n) is 1.58. The molecule has 6 heteroatoms. The summed E-state index contributed by atoms with van der Waals surface area (Å²) in [5.74, 6) is 0.263. The monoisotopic (exact) mass is 238 g/mol. The van der Waals surface area contributed by atoms with Gasteiger partial charge in [0.05, 0.1) is 31.5 Å². The van der Waals surface area contributed by atoms with Gasteiger partial charge in [-0.3, -0.25) is 0 Å². The molecule has 17 heavy (non-hydrogen) atoms. The second-order valence-electron chi connectivity index (χ2n) is 3.29. The Balaban J connectivity index is 2.70. The van der Waals surface area contributed by atoms with Crippen molar-refractivity contribution in [2.75, 3.05) is 20.0 Å². The number of benzene rings is 1. The average Bonchev–Trinajstić information content (AvgIpc) is 2.74. The summed E-state index contributed by atoms with van der Waals surface area (Å²) < 4.78 is 28.3. The number of nitrogen functional groups attached to an aromatic ring is 1. The Labute approximate surface area is 96.9 Å². The van der Waals surface area contributed by atoms with Crippen LogP contribution in [0.5, 0.6) is 11.5 Å². The van der Waals surface area contributed by atoms with Crippen LogP contribution < -0.4 is 15.2 Å². The van der Waals surface area contributed by atoms with Gasteiger partial charge in [-0.05, 0) is 0 Å². The summed E-state index contributed by atoms with van der Waals surface area (Å²) in [6.45, 7) is 0. The summed E-state index contributed by atoms with van der Waals surface area (Å²) in [6.07, 6.45) is 1.42. The molecule has 2 rings (SSSR count). The van der Waals surface area contributed by atoms with Gasteiger partial charge in [-0.2, -0.15) is 0 Å². The maximum absolute atomic E-state index is 13.3. The summed E-state index contributed by atoms with van der Waals surface area (Å²) >= 11 is 0. The molecule has 5 nitrogen and oxygen atoms in total. The Bertz CT molecular complexity index is 514. The second kappa shape index (κ2) is 4.32. The molecule has 0 amide bonds. The van der Waals surface area contributed by atoms with E-state index in [0.717, 1.165) is 0 Å². The fraction of sp³-hybridized carbons (Fsp3) is 0.182. The molecule has 2 N–H and O–H groups in total. The summed E-state index contributed by atoms with van der Waals surface area (Å²) in [5, 5.41) is 3.57. The maximum Gasteiger partial charge on any atom is 0.230 e. The molecular weight excluding hydrogens is 227 g/mol. The van der Waals surface area contributed by atoms with Crippen LogP contribution in [0.4, 0.5) is 10.3 Å². The van der Waals surface area contributed by atoms with Crippen molar-refractivity contribution in [1.29, 1.82) is 0 Å². The number of hydrogen-bond donors (Lipinski definition) is 1. The lowest BCUT2D eigenvalue weighted by Crippen LogP contribution is -1.96. The molecule has 0 aliphatic heterocycles. The van der Waals surface area contributed by atoms with E-state index < -0.39 is 5.82 Å². The van der Waals surface area contributed by atoms with Crippen LogP contribution in [-0.2, 0) is 0 Å². The maximum atomic E-state index is 13.3. The van der Waals surface area contributed by atoms with E-state index in [-0.39, 0.29) is 5.88 Å². The van der Waals surface area contributed by atoms with Crippen LogP contribution in [-0.4, -0.2) is 19.4 Å². The molecule has 0 bridgehead atoms. The Morgan fingerprint density at radius 2 is 1.82 bits per heavy atom. The molecule has 1 aromatic heterocycles. The van der Waals surface area contributed by atoms with Crippen molar-refractivity contribution in [1.82, 2.24) is 5.16 Å².